The first-order valence-corrected chi connectivity index (χ1v) is 20.9. The van der Waals surface area contributed by atoms with E-state index in [2.05, 4.69) is 10.3 Å². The van der Waals surface area contributed by atoms with Crippen LogP contribution >= 0.6 is 11.6 Å². The van der Waals surface area contributed by atoms with E-state index in [1.807, 2.05) is 97.8 Å². The highest BCUT2D eigenvalue weighted by Gasteiger charge is 2.66. The summed E-state index contributed by atoms with van der Waals surface area (Å²) in [6.45, 7) is 7.25. The number of carbonyl (C=O) groups excluding carboxylic acids is 2. The number of halogens is 1. The number of hydrogen-bond acceptors (Lipinski definition) is 7. The normalized spacial score (nSPS) is 24.3. The monoisotopic (exact) mass is 713 g/mol. The number of rotatable bonds is 10. The highest BCUT2D eigenvalue weighted by Crippen LogP contribution is 2.60. The number of amides is 2. The van der Waals surface area contributed by atoms with Crippen molar-refractivity contribution in [3.63, 3.8) is 0 Å². The number of fused-ring (bicyclic) bond motifs is 2. The molecule has 0 aliphatic carbocycles. The van der Waals surface area contributed by atoms with Crippen LogP contribution < -0.4 is 9.80 Å². The Balaban J connectivity index is 1.15. The second-order valence-electron chi connectivity index (χ2n) is 14.4. The standard InChI is InChI=1S/C38H44ClN5O5Si/c1-25-36(50(2,3)48)34(18-20-42-23-32(40-41-42)30(24-45)27-9-5-4-6-10-27)49-38(25)31-21-28(39)14-17-33(31)44(37(38)47)22-26-12-15-29(16-13-26)43-19-8-7-11-35(43)46/h4-6,9-10,12-17,21,23,25,30,34,36,45,48H,7-8,11,18-20,22,24H2,1-3H3/t25-,30?,34+,36-,38+/m0/s1. The molecule has 1 unspecified atom stereocenters. The van der Waals surface area contributed by atoms with Gasteiger partial charge in [-0.25, -0.2) is 0 Å². The summed E-state index contributed by atoms with van der Waals surface area (Å²) < 4.78 is 8.73. The lowest BCUT2D eigenvalue weighted by molar-refractivity contribution is -0.146. The van der Waals surface area contributed by atoms with Gasteiger partial charge >= 0.3 is 0 Å². The van der Waals surface area contributed by atoms with Gasteiger partial charge in [0.1, 0.15) is 0 Å². The van der Waals surface area contributed by atoms with E-state index in [1.165, 1.54) is 0 Å². The van der Waals surface area contributed by atoms with Gasteiger partial charge in [0.15, 0.2) is 13.9 Å². The van der Waals surface area contributed by atoms with Crippen molar-refractivity contribution in [1.29, 1.82) is 0 Å². The van der Waals surface area contributed by atoms with Crippen LogP contribution in [0.25, 0.3) is 0 Å². The summed E-state index contributed by atoms with van der Waals surface area (Å²) >= 11 is 6.58. The van der Waals surface area contributed by atoms with Crippen molar-refractivity contribution in [3.8, 4) is 0 Å². The number of aliphatic hydroxyl groups excluding tert-OH is 1. The van der Waals surface area contributed by atoms with Gasteiger partial charge in [-0.1, -0.05) is 66.2 Å². The van der Waals surface area contributed by atoms with E-state index in [9.17, 15) is 19.5 Å². The number of aryl methyl sites for hydroxylation is 1. The smallest absolute Gasteiger partial charge is 0.264 e. The number of nitrogens with zero attached hydrogens (tertiary/aromatic N) is 5. The molecular weight excluding hydrogens is 670 g/mol. The number of piperidine rings is 1. The van der Waals surface area contributed by atoms with E-state index in [1.54, 1.807) is 15.6 Å². The van der Waals surface area contributed by atoms with Crippen molar-refractivity contribution in [1.82, 2.24) is 15.0 Å². The molecule has 4 aromatic rings. The van der Waals surface area contributed by atoms with Gasteiger partial charge in [0.2, 0.25) is 5.91 Å². The Morgan fingerprint density at radius 2 is 1.82 bits per heavy atom. The first-order chi connectivity index (χ1) is 24.0. The van der Waals surface area contributed by atoms with Crippen molar-refractivity contribution < 1.29 is 24.2 Å². The van der Waals surface area contributed by atoms with Crippen molar-refractivity contribution in [2.24, 2.45) is 5.92 Å². The van der Waals surface area contributed by atoms with Gasteiger partial charge in [0.25, 0.3) is 5.91 Å². The van der Waals surface area contributed by atoms with Crippen LogP contribution in [0.4, 0.5) is 11.4 Å². The second-order valence-corrected chi connectivity index (χ2v) is 18.8. The second kappa shape index (κ2) is 13.7. The lowest BCUT2D eigenvalue weighted by Gasteiger charge is -2.32. The molecule has 0 saturated carbocycles. The molecule has 1 spiro atoms. The van der Waals surface area contributed by atoms with Crippen LogP contribution in [0.1, 0.15) is 60.9 Å². The largest absolute Gasteiger partial charge is 0.432 e. The summed E-state index contributed by atoms with van der Waals surface area (Å²) in [7, 11) is -2.87. The number of ether oxygens (including phenoxy) is 1. The molecule has 12 heteroatoms. The molecule has 0 bridgehead atoms. The van der Waals surface area contributed by atoms with E-state index >= 15 is 0 Å². The van der Waals surface area contributed by atoms with Crippen LogP contribution in [-0.2, 0) is 33.0 Å². The third kappa shape index (κ3) is 6.19. The molecule has 7 rings (SSSR count). The van der Waals surface area contributed by atoms with Crippen LogP contribution in [0.2, 0.25) is 23.7 Å². The Labute approximate surface area is 298 Å². The van der Waals surface area contributed by atoms with Crippen LogP contribution in [0.5, 0.6) is 0 Å². The minimum atomic E-state index is -2.87. The minimum absolute atomic E-state index is 0.0936. The predicted octanol–water partition coefficient (Wildman–Crippen LogP) is 6.01. The number of anilines is 2. The van der Waals surface area contributed by atoms with E-state index in [-0.39, 0.29) is 35.8 Å². The van der Waals surface area contributed by atoms with Crippen LogP contribution in [-0.4, -0.2) is 64.3 Å². The number of aliphatic hydroxyl groups is 1. The summed E-state index contributed by atoms with van der Waals surface area (Å²) in [4.78, 5) is 42.6. The van der Waals surface area contributed by atoms with Crippen LogP contribution in [0.15, 0.2) is 79.0 Å². The maximum atomic E-state index is 14.8. The van der Waals surface area contributed by atoms with E-state index in [0.29, 0.717) is 36.6 Å². The first kappa shape index (κ1) is 34.6. The van der Waals surface area contributed by atoms with Gasteiger partial charge in [0.05, 0.1) is 36.6 Å². The summed E-state index contributed by atoms with van der Waals surface area (Å²) in [5, 5.41) is 19.4. The third-order valence-corrected chi connectivity index (χ3v) is 13.5. The van der Waals surface area contributed by atoms with Crippen LogP contribution in [0.3, 0.4) is 0 Å². The van der Waals surface area contributed by atoms with Crippen molar-refractivity contribution >= 4 is 43.1 Å². The number of aromatic nitrogens is 3. The molecular formula is C38H44ClN5O5Si. The number of hydrogen-bond donors (Lipinski definition) is 2. The summed E-state index contributed by atoms with van der Waals surface area (Å²) in [6.07, 6.45) is 4.41. The molecule has 2 amide bonds. The Morgan fingerprint density at radius 3 is 2.52 bits per heavy atom. The Hall–Kier alpha value is -3.87. The molecule has 2 saturated heterocycles. The molecule has 3 aliphatic rings. The molecule has 5 atom stereocenters. The molecule has 2 N–H and O–H groups in total. The topological polar surface area (TPSA) is 121 Å². The maximum Gasteiger partial charge on any atom is 0.264 e. The predicted molar refractivity (Wildman–Crippen MR) is 194 cm³/mol. The number of carbonyl (C=O) groups is 2. The summed E-state index contributed by atoms with van der Waals surface area (Å²) in [5.74, 6) is -0.645. The van der Waals surface area contributed by atoms with Gasteiger partial charge in [-0.2, -0.15) is 0 Å². The molecule has 3 aromatic carbocycles. The van der Waals surface area contributed by atoms with Gasteiger partial charge < -0.3 is 24.4 Å². The molecule has 1 aromatic heterocycles. The molecule has 2 fully saturated rings. The lowest BCUT2D eigenvalue weighted by Crippen LogP contribution is -2.46. The number of benzene rings is 3. The zero-order valence-corrected chi connectivity index (χ0v) is 30.5. The fourth-order valence-corrected chi connectivity index (χ4v) is 11.2. The highest BCUT2D eigenvalue weighted by atomic mass is 35.5. The van der Waals surface area contributed by atoms with E-state index < -0.39 is 20.0 Å². The quantitative estimate of drug-likeness (QED) is 0.193. The fraction of sp³-hybridized carbons (Fsp3) is 0.421. The fourth-order valence-electron chi connectivity index (χ4n) is 8.42. The molecule has 0 radical (unpaired) electrons. The van der Waals surface area contributed by atoms with Gasteiger partial charge in [-0.05, 0) is 73.8 Å². The molecule has 3 aliphatic heterocycles. The SMILES string of the molecule is C[C@H]1[C@H]([Si](C)(C)O)[C@@H](CCn2cc(C(CO)c3ccccc3)nn2)O[C@]12C(=O)N(Cc1ccc(N3CCCCC3=O)cc1)c1ccc(Cl)cc12. The van der Waals surface area contributed by atoms with Crippen molar-refractivity contribution in [2.75, 3.05) is 23.0 Å². The average molecular weight is 714 g/mol. The Morgan fingerprint density at radius 1 is 1.06 bits per heavy atom. The zero-order chi connectivity index (χ0) is 35.2. The average Bonchev–Trinajstić information content (AvgIpc) is 3.75. The molecule has 10 nitrogen and oxygen atoms in total. The minimum Gasteiger partial charge on any atom is -0.432 e. The Kier molecular flexibility index (Phi) is 9.46. The third-order valence-electron chi connectivity index (χ3n) is 10.8. The maximum absolute atomic E-state index is 14.8. The van der Waals surface area contributed by atoms with Crippen molar-refractivity contribution in [2.45, 2.75) is 82.0 Å². The van der Waals surface area contributed by atoms with Crippen LogP contribution in [0, 0.1) is 5.92 Å². The van der Waals surface area contributed by atoms with Crippen molar-refractivity contribution in [3.05, 3.63) is 106 Å². The van der Waals surface area contributed by atoms with Gasteiger partial charge in [-0.3, -0.25) is 14.3 Å². The highest BCUT2D eigenvalue weighted by molar-refractivity contribution is 6.71. The Bertz CT molecular complexity index is 1870. The summed E-state index contributed by atoms with van der Waals surface area (Å²) in [5.41, 5.74) is 3.33. The first-order valence-electron chi connectivity index (χ1n) is 17.5. The van der Waals surface area contributed by atoms with E-state index in [0.717, 1.165) is 47.5 Å². The molecule has 4 heterocycles. The zero-order valence-electron chi connectivity index (χ0n) is 28.7. The molecule has 262 valence electrons. The summed E-state index contributed by atoms with van der Waals surface area (Å²) in [6, 6.07) is 23.1. The van der Waals surface area contributed by atoms with Gasteiger partial charge in [-0.15, -0.1) is 5.10 Å². The van der Waals surface area contributed by atoms with Gasteiger partial charge in [0, 0.05) is 53.4 Å². The molecule has 50 heavy (non-hydrogen) atoms. The lowest BCUT2D eigenvalue weighted by atomic mass is 9.82. The van der Waals surface area contributed by atoms with E-state index in [4.69, 9.17) is 16.3 Å².